The topological polar surface area (TPSA) is 0 Å². The molecule has 3 aliphatic rings. The van der Waals surface area contributed by atoms with Crippen LogP contribution in [-0.2, 0) is 0 Å². The van der Waals surface area contributed by atoms with Gasteiger partial charge in [0.05, 0.1) is 0 Å². The second-order valence-corrected chi connectivity index (χ2v) is 10.1. The minimum Gasteiger partial charge on any atom is -0.229 e. The van der Waals surface area contributed by atoms with Crippen molar-refractivity contribution >= 4 is 0 Å². The third kappa shape index (κ3) is 2.70. The Morgan fingerprint density at radius 3 is 0.617 bits per heavy atom. The van der Waals surface area contributed by atoms with Gasteiger partial charge in [-0.05, 0) is 0 Å². The molecule has 0 spiro atoms. The van der Waals surface area contributed by atoms with Gasteiger partial charge in [-0.2, -0.15) is 110 Å². The number of rotatable bonds is 3. The fraction of sp³-hybridized carbons (Fsp3) is 1.00. The Kier molecular flexibility index (Phi) is 6.78. The Labute approximate surface area is 233 Å². The van der Waals surface area contributed by atoms with Crippen molar-refractivity contribution in [1.82, 2.24) is 0 Å². The van der Waals surface area contributed by atoms with Gasteiger partial charge in [0.2, 0.25) is 0 Å². The van der Waals surface area contributed by atoms with E-state index in [9.17, 15) is 110 Å². The van der Waals surface area contributed by atoms with Crippen molar-refractivity contribution in [3.8, 4) is 0 Å². The molecule has 30 heteroatoms. The lowest BCUT2D eigenvalue weighted by Gasteiger charge is -2.58. The van der Waals surface area contributed by atoms with Crippen LogP contribution in [0.1, 0.15) is 0 Å². The second kappa shape index (κ2) is 8.10. The maximum atomic E-state index is 16.0. The van der Waals surface area contributed by atoms with E-state index in [1.165, 1.54) is 0 Å². The molecule has 47 heavy (non-hydrogen) atoms. The zero-order valence-electron chi connectivity index (χ0n) is 19.8. The summed E-state index contributed by atoms with van der Waals surface area (Å²) in [7, 11) is 0. The Morgan fingerprint density at radius 1 is 0.234 bits per heavy atom. The normalized spacial score (nSPS) is 40.7. The van der Waals surface area contributed by atoms with Crippen molar-refractivity contribution < 1.29 is 132 Å². The van der Waals surface area contributed by atoms with Gasteiger partial charge in [-0.1, -0.05) is 0 Å². The highest BCUT2D eigenvalue weighted by atomic mass is 19.4. The molecule has 278 valence electrons. The predicted octanol–water partition coefficient (Wildman–Crippen LogP) is 9.12. The standard InChI is InChI=1S/C17F30/c18-1-2(19)4(21,9(29,30)14(39,40)12(35,36)7(2,25)26)5(22,10(31,32)15(41,42)16(43,44)17(45,46)47)3(1,20)8(27,28)13(37,38)11(33,34)6(1,23)24/t1-,2-,3-,4+,5?/m0/s1. The van der Waals surface area contributed by atoms with Crippen LogP contribution in [0, 0.1) is 0 Å². The van der Waals surface area contributed by atoms with Crippen LogP contribution in [0.4, 0.5) is 132 Å². The average molecular weight is 774 g/mol. The molecule has 0 aromatic heterocycles. The molecule has 0 aliphatic heterocycles. The Hall–Kier alpha value is -2.10. The van der Waals surface area contributed by atoms with Crippen LogP contribution >= 0.6 is 0 Å². The van der Waals surface area contributed by atoms with Crippen molar-refractivity contribution in [2.45, 2.75) is 99.7 Å². The number of hydrogen-bond acceptors (Lipinski definition) is 0. The first-order valence-corrected chi connectivity index (χ1v) is 10.4. The van der Waals surface area contributed by atoms with E-state index in [4.69, 9.17) is 0 Å². The fourth-order valence-electron chi connectivity index (χ4n) is 5.60. The van der Waals surface area contributed by atoms with Crippen molar-refractivity contribution in [3.05, 3.63) is 0 Å². The van der Waals surface area contributed by atoms with E-state index in [0.717, 1.165) is 0 Å². The minimum atomic E-state index is -10.8. The Morgan fingerprint density at radius 2 is 0.426 bits per heavy atom. The van der Waals surface area contributed by atoms with Gasteiger partial charge in [0.15, 0.2) is 0 Å². The summed E-state index contributed by atoms with van der Waals surface area (Å²) in [5.74, 6) is -107. The van der Waals surface area contributed by atoms with E-state index in [0.29, 0.717) is 0 Å². The molecule has 3 saturated carbocycles. The summed E-state index contributed by atoms with van der Waals surface area (Å²) < 4.78 is 429. The second-order valence-electron chi connectivity index (χ2n) is 10.1. The van der Waals surface area contributed by atoms with Gasteiger partial charge < -0.3 is 0 Å². The Bertz CT molecular complexity index is 1280. The zero-order chi connectivity index (χ0) is 38.5. The molecular weight excluding hydrogens is 774 g/mol. The Balaban J connectivity index is 2.98. The zero-order valence-corrected chi connectivity index (χ0v) is 19.8. The van der Waals surface area contributed by atoms with Crippen LogP contribution < -0.4 is 0 Å². The summed E-state index contributed by atoms with van der Waals surface area (Å²) in [6, 6.07) is 0. The molecule has 5 atom stereocenters. The first kappa shape index (κ1) is 39.3. The molecule has 0 heterocycles. The van der Waals surface area contributed by atoms with Gasteiger partial charge >= 0.3 is 71.3 Å². The van der Waals surface area contributed by atoms with Crippen LogP contribution in [0.3, 0.4) is 0 Å². The summed E-state index contributed by atoms with van der Waals surface area (Å²) in [6.45, 7) is 0. The van der Waals surface area contributed by atoms with Crippen LogP contribution in [0.5, 0.6) is 0 Å². The molecule has 0 nitrogen and oxygen atoms in total. The SMILES string of the molecule is FC(F)(F)C(F)(F)C(F)(F)C(F)(F)C1(F)[C@]2(F)C(F)(F)C(F)(F)C(F)(F)C(F)(F)[C@]2(F)[C@@]2(F)C(F)(F)C(F)(F)C(F)(F)C(F)(F)[C@]12F. The predicted molar refractivity (Wildman–Crippen MR) is 79.7 cm³/mol. The summed E-state index contributed by atoms with van der Waals surface area (Å²) in [4.78, 5) is 0. The molecule has 0 bridgehead atoms. The van der Waals surface area contributed by atoms with E-state index in [-0.39, 0.29) is 0 Å². The highest BCUT2D eigenvalue weighted by Crippen LogP contribution is 2.90. The summed E-state index contributed by atoms with van der Waals surface area (Å²) in [5.41, 5.74) is -52.5. The molecule has 0 amide bonds. The molecule has 0 radical (unpaired) electrons. The highest BCUT2D eigenvalue weighted by Gasteiger charge is 3.24. The number of alkyl halides is 30. The molecular formula is C17F30. The molecule has 0 aromatic rings. The van der Waals surface area contributed by atoms with Gasteiger partial charge in [0, 0.05) is 0 Å². The molecule has 0 N–H and O–H groups in total. The lowest BCUT2D eigenvalue weighted by molar-refractivity contribution is -0.502. The maximum absolute atomic E-state index is 16.0. The first-order chi connectivity index (χ1) is 19.8. The molecule has 3 rings (SSSR count). The van der Waals surface area contributed by atoms with E-state index < -0.39 is 99.7 Å². The van der Waals surface area contributed by atoms with E-state index in [2.05, 4.69) is 0 Å². The number of fused-ring (bicyclic) bond motifs is 3. The molecule has 1 unspecified atom stereocenters. The largest absolute Gasteiger partial charge is 0.460 e. The maximum Gasteiger partial charge on any atom is 0.460 e. The third-order valence-corrected chi connectivity index (χ3v) is 8.05. The monoisotopic (exact) mass is 774 g/mol. The van der Waals surface area contributed by atoms with Crippen LogP contribution in [-0.4, -0.2) is 99.7 Å². The summed E-state index contributed by atoms with van der Waals surface area (Å²) >= 11 is 0. The van der Waals surface area contributed by atoms with Gasteiger partial charge in [-0.15, -0.1) is 0 Å². The molecule has 3 fully saturated rings. The van der Waals surface area contributed by atoms with E-state index in [1.54, 1.807) is 0 Å². The number of halogens is 30. The van der Waals surface area contributed by atoms with E-state index >= 15 is 22.0 Å². The first-order valence-electron chi connectivity index (χ1n) is 10.4. The van der Waals surface area contributed by atoms with Crippen molar-refractivity contribution in [3.63, 3.8) is 0 Å². The summed E-state index contributed by atoms with van der Waals surface area (Å²) in [6.07, 6.45) is -8.73. The molecule has 0 saturated heterocycles. The minimum absolute atomic E-state index is 8.73. The van der Waals surface area contributed by atoms with Gasteiger partial charge in [-0.3, -0.25) is 0 Å². The lowest BCUT2D eigenvalue weighted by Crippen LogP contribution is -2.92. The fourth-order valence-corrected chi connectivity index (χ4v) is 5.60. The average Bonchev–Trinajstić information content (AvgIpc) is 2.97. The highest BCUT2D eigenvalue weighted by molar-refractivity contribution is 5.57. The van der Waals surface area contributed by atoms with Gasteiger partial charge in [0.1, 0.15) is 0 Å². The van der Waals surface area contributed by atoms with E-state index in [1.807, 2.05) is 0 Å². The van der Waals surface area contributed by atoms with Crippen LogP contribution in [0.25, 0.3) is 0 Å². The van der Waals surface area contributed by atoms with Crippen molar-refractivity contribution in [2.24, 2.45) is 0 Å². The molecule has 3 aliphatic carbocycles. The summed E-state index contributed by atoms with van der Waals surface area (Å²) in [5, 5.41) is 0. The number of hydrogen-bond donors (Lipinski definition) is 0. The third-order valence-electron chi connectivity index (χ3n) is 8.05. The van der Waals surface area contributed by atoms with Crippen molar-refractivity contribution in [2.75, 3.05) is 0 Å². The van der Waals surface area contributed by atoms with Gasteiger partial charge in [0.25, 0.3) is 28.3 Å². The van der Waals surface area contributed by atoms with Crippen LogP contribution in [0.2, 0.25) is 0 Å². The van der Waals surface area contributed by atoms with Gasteiger partial charge in [-0.25, -0.2) is 22.0 Å². The van der Waals surface area contributed by atoms with Crippen molar-refractivity contribution in [1.29, 1.82) is 0 Å². The lowest BCUT2D eigenvalue weighted by atomic mass is 9.58. The van der Waals surface area contributed by atoms with Crippen LogP contribution in [0.15, 0.2) is 0 Å². The quantitative estimate of drug-likeness (QED) is 0.251. The molecule has 0 aromatic carbocycles. The smallest absolute Gasteiger partial charge is 0.229 e.